The molecule has 1 atom stereocenters. The summed E-state index contributed by atoms with van der Waals surface area (Å²) >= 11 is 0. The van der Waals surface area contributed by atoms with Crippen LogP contribution in [0.1, 0.15) is 38.7 Å². The number of hydrogen-bond donors (Lipinski definition) is 2. The molecule has 1 saturated heterocycles. The minimum absolute atomic E-state index is 0.0512. The second-order valence-corrected chi connectivity index (χ2v) is 7.13. The number of para-hydroxylation sites is 1. The third-order valence-electron chi connectivity index (χ3n) is 4.71. The number of carbonyl (C=O) groups excluding carboxylic acids is 2. The summed E-state index contributed by atoms with van der Waals surface area (Å²) in [7, 11) is 2.10. The van der Waals surface area contributed by atoms with Crippen LogP contribution in [0.4, 0.5) is 5.69 Å². The Kier molecular flexibility index (Phi) is 6.37. The van der Waals surface area contributed by atoms with E-state index >= 15 is 0 Å². The summed E-state index contributed by atoms with van der Waals surface area (Å²) in [4.78, 5) is 26.3. The van der Waals surface area contributed by atoms with Crippen molar-refractivity contribution in [1.82, 2.24) is 10.2 Å². The van der Waals surface area contributed by atoms with Crippen molar-refractivity contribution in [3.8, 4) is 0 Å². The molecule has 1 aliphatic heterocycles. The molecule has 5 nitrogen and oxygen atoms in total. The number of hydrogen-bond acceptors (Lipinski definition) is 3. The summed E-state index contributed by atoms with van der Waals surface area (Å²) < 4.78 is 0. The number of likely N-dealkylation sites (tertiary alicyclic amines) is 1. The van der Waals surface area contributed by atoms with Crippen molar-refractivity contribution in [3.05, 3.63) is 29.8 Å². The molecule has 1 aromatic carbocycles. The summed E-state index contributed by atoms with van der Waals surface area (Å²) in [5.74, 6) is -0.164. The average Bonchev–Trinajstić information content (AvgIpc) is 2.91. The Bertz CT molecular complexity index is 588. The van der Waals surface area contributed by atoms with Crippen LogP contribution in [-0.2, 0) is 16.0 Å². The summed E-state index contributed by atoms with van der Waals surface area (Å²) in [6, 6.07) is 7.76. The summed E-state index contributed by atoms with van der Waals surface area (Å²) in [5.41, 5.74) is 2.09. The lowest BCUT2D eigenvalue weighted by molar-refractivity contribution is -0.124. The van der Waals surface area contributed by atoms with Crippen LogP contribution in [0.15, 0.2) is 24.3 Å². The molecule has 2 amide bonds. The number of rotatable bonds is 7. The zero-order valence-corrected chi connectivity index (χ0v) is 15.0. The van der Waals surface area contributed by atoms with Gasteiger partial charge in [0.2, 0.25) is 11.8 Å². The Morgan fingerprint density at radius 3 is 2.58 bits per heavy atom. The molecule has 1 unspecified atom stereocenters. The second kappa shape index (κ2) is 8.29. The topological polar surface area (TPSA) is 61.4 Å². The fourth-order valence-electron chi connectivity index (χ4n) is 3.21. The molecule has 2 N–H and O–H groups in total. The number of nitrogens with one attached hydrogen (secondary N) is 2. The van der Waals surface area contributed by atoms with Gasteiger partial charge in [-0.25, -0.2) is 0 Å². The van der Waals surface area contributed by atoms with Crippen molar-refractivity contribution in [3.63, 3.8) is 0 Å². The SMILES string of the molecule is CCc1ccccc1NC(=O)CCC(=O)NCC1(C)CCN(C)C1. The minimum atomic E-state index is -0.113. The Morgan fingerprint density at radius 2 is 1.92 bits per heavy atom. The first kappa shape index (κ1) is 18.5. The van der Waals surface area contributed by atoms with Crippen LogP contribution in [0.25, 0.3) is 0 Å². The van der Waals surface area contributed by atoms with E-state index in [9.17, 15) is 9.59 Å². The first-order valence-electron chi connectivity index (χ1n) is 8.75. The molecule has 132 valence electrons. The van der Waals surface area contributed by atoms with Crippen molar-refractivity contribution in [2.24, 2.45) is 5.41 Å². The molecule has 0 radical (unpaired) electrons. The molecular formula is C19H29N3O2. The largest absolute Gasteiger partial charge is 0.355 e. The molecular weight excluding hydrogens is 302 g/mol. The molecule has 1 fully saturated rings. The van der Waals surface area contributed by atoms with E-state index in [0.29, 0.717) is 6.54 Å². The van der Waals surface area contributed by atoms with E-state index in [2.05, 4.69) is 36.4 Å². The smallest absolute Gasteiger partial charge is 0.224 e. The Balaban J connectivity index is 1.72. The Labute approximate surface area is 144 Å². The maximum atomic E-state index is 12.1. The van der Waals surface area contributed by atoms with E-state index in [-0.39, 0.29) is 30.1 Å². The summed E-state index contributed by atoms with van der Waals surface area (Å²) in [6.45, 7) is 7.01. The molecule has 0 spiro atoms. The number of benzene rings is 1. The van der Waals surface area contributed by atoms with Crippen molar-refractivity contribution in [1.29, 1.82) is 0 Å². The molecule has 0 bridgehead atoms. The second-order valence-electron chi connectivity index (χ2n) is 7.13. The maximum Gasteiger partial charge on any atom is 0.224 e. The lowest BCUT2D eigenvalue weighted by Crippen LogP contribution is -2.37. The van der Waals surface area contributed by atoms with Gasteiger partial charge in [0.05, 0.1) is 0 Å². The van der Waals surface area contributed by atoms with Gasteiger partial charge in [-0.2, -0.15) is 0 Å². The van der Waals surface area contributed by atoms with Crippen molar-refractivity contribution < 1.29 is 9.59 Å². The fourth-order valence-corrected chi connectivity index (χ4v) is 3.21. The monoisotopic (exact) mass is 331 g/mol. The zero-order valence-electron chi connectivity index (χ0n) is 15.0. The number of anilines is 1. The number of carbonyl (C=O) groups is 2. The number of nitrogens with zero attached hydrogens (tertiary/aromatic N) is 1. The first-order chi connectivity index (χ1) is 11.4. The highest BCUT2D eigenvalue weighted by atomic mass is 16.2. The van der Waals surface area contributed by atoms with E-state index in [0.717, 1.165) is 37.2 Å². The van der Waals surface area contributed by atoms with E-state index in [1.807, 2.05) is 24.3 Å². The lowest BCUT2D eigenvalue weighted by atomic mass is 9.90. The normalized spacial score (nSPS) is 20.8. The van der Waals surface area contributed by atoms with Crippen LogP contribution >= 0.6 is 0 Å². The van der Waals surface area contributed by atoms with Crippen molar-refractivity contribution in [2.45, 2.75) is 39.5 Å². The van der Waals surface area contributed by atoms with Crippen molar-refractivity contribution >= 4 is 17.5 Å². The highest BCUT2D eigenvalue weighted by Gasteiger charge is 2.32. The van der Waals surface area contributed by atoms with Gasteiger partial charge in [0.15, 0.2) is 0 Å². The van der Waals surface area contributed by atoms with Crippen LogP contribution in [0.3, 0.4) is 0 Å². The molecule has 1 aliphatic rings. The number of aryl methyl sites for hydroxylation is 1. The van der Waals surface area contributed by atoms with E-state index in [1.54, 1.807) is 0 Å². The molecule has 1 aromatic rings. The van der Waals surface area contributed by atoms with Crippen molar-refractivity contribution in [2.75, 3.05) is 32.0 Å². The van der Waals surface area contributed by atoms with Gasteiger partial charge < -0.3 is 15.5 Å². The van der Waals surface area contributed by atoms with E-state index < -0.39 is 0 Å². The molecule has 0 aliphatic carbocycles. The fraction of sp³-hybridized carbons (Fsp3) is 0.579. The van der Waals surface area contributed by atoms with Crippen LogP contribution in [-0.4, -0.2) is 43.4 Å². The van der Waals surface area contributed by atoms with E-state index in [1.165, 1.54) is 0 Å². The quantitative estimate of drug-likeness (QED) is 0.807. The van der Waals surface area contributed by atoms with Crippen LogP contribution in [0.5, 0.6) is 0 Å². The van der Waals surface area contributed by atoms with Gasteiger partial charge in [-0.05, 0) is 43.5 Å². The predicted molar refractivity (Wildman–Crippen MR) is 96.9 cm³/mol. The van der Waals surface area contributed by atoms with Gasteiger partial charge in [-0.1, -0.05) is 32.0 Å². The predicted octanol–water partition coefficient (Wildman–Crippen LogP) is 2.43. The van der Waals surface area contributed by atoms with Crippen LogP contribution in [0, 0.1) is 5.41 Å². The molecule has 5 heteroatoms. The highest BCUT2D eigenvalue weighted by Crippen LogP contribution is 2.27. The third kappa shape index (κ3) is 5.34. The van der Waals surface area contributed by atoms with Gasteiger partial charge in [0.1, 0.15) is 0 Å². The van der Waals surface area contributed by atoms with Crippen LogP contribution in [0.2, 0.25) is 0 Å². The lowest BCUT2D eigenvalue weighted by Gasteiger charge is -2.24. The summed E-state index contributed by atoms with van der Waals surface area (Å²) in [5, 5.41) is 5.88. The number of amides is 2. The van der Waals surface area contributed by atoms with Crippen LogP contribution < -0.4 is 10.6 Å². The minimum Gasteiger partial charge on any atom is -0.355 e. The summed E-state index contributed by atoms with van der Waals surface area (Å²) in [6.07, 6.45) is 2.40. The highest BCUT2D eigenvalue weighted by molar-refractivity contribution is 5.93. The third-order valence-corrected chi connectivity index (χ3v) is 4.71. The molecule has 24 heavy (non-hydrogen) atoms. The van der Waals surface area contributed by atoms with E-state index in [4.69, 9.17) is 0 Å². The Morgan fingerprint density at radius 1 is 1.21 bits per heavy atom. The maximum absolute atomic E-state index is 12.1. The average molecular weight is 331 g/mol. The molecule has 0 saturated carbocycles. The standard InChI is InChI=1S/C19H29N3O2/c1-4-15-7-5-6-8-16(15)21-18(24)10-9-17(23)20-13-19(2)11-12-22(3)14-19/h5-8H,4,9-14H2,1-3H3,(H,20,23)(H,21,24). The van der Waals surface area contributed by atoms with Gasteiger partial charge in [-0.15, -0.1) is 0 Å². The zero-order chi connectivity index (χ0) is 17.6. The van der Waals surface area contributed by atoms with Gasteiger partial charge >= 0.3 is 0 Å². The molecule has 2 rings (SSSR count). The molecule has 1 heterocycles. The Hall–Kier alpha value is -1.88. The van der Waals surface area contributed by atoms with Gasteiger partial charge in [0, 0.05) is 31.6 Å². The van der Waals surface area contributed by atoms with Gasteiger partial charge in [-0.3, -0.25) is 9.59 Å². The first-order valence-corrected chi connectivity index (χ1v) is 8.75. The molecule has 0 aromatic heterocycles. The van der Waals surface area contributed by atoms with Gasteiger partial charge in [0.25, 0.3) is 0 Å².